The van der Waals surface area contributed by atoms with Gasteiger partial charge in [-0.05, 0) is 48.4 Å². The molecule has 0 saturated heterocycles. The summed E-state index contributed by atoms with van der Waals surface area (Å²) in [5.41, 5.74) is 4.11. The molecular weight excluding hydrogens is 466 g/mol. The number of phenolic OH excluding ortho intramolecular Hbond substituents is 1. The highest BCUT2D eigenvalue weighted by Gasteiger charge is 2.60. The molecule has 0 aromatic heterocycles. The number of phenols is 1. The smallest absolute Gasteiger partial charge is 0.255 e. The molecule has 0 aliphatic heterocycles. The van der Waals surface area contributed by atoms with Crippen molar-refractivity contribution in [2.75, 3.05) is 0 Å². The Hall–Kier alpha value is -4.24. The van der Waals surface area contributed by atoms with Crippen LogP contribution in [-0.2, 0) is 20.8 Å². The van der Waals surface area contributed by atoms with Crippen LogP contribution in [0.2, 0.25) is 0 Å². The van der Waals surface area contributed by atoms with Crippen molar-refractivity contribution in [2.24, 2.45) is 17.6 Å². The van der Waals surface area contributed by atoms with Gasteiger partial charge in [0.15, 0.2) is 17.2 Å². The summed E-state index contributed by atoms with van der Waals surface area (Å²) in [5.74, 6) is -6.72. The summed E-state index contributed by atoms with van der Waals surface area (Å²) < 4.78 is 0. The first-order valence-electron chi connectivity index (χ1n) is 11.4. The van der Waals surface area contributed by atoms with E-state index in [1.807, 2.05) is 0 Å². The molecule has 0 radical (unpaired) electrons. The number of rotatable bonds is 3. The normalized spacial score (nSPS) is 25.3. The van der Waals surface area contributed by atoms with E-state index in [2.05, 4.69) is 0 Å². The summed E-state index contributed by atoms with van der Waals surface area (Å²) in [6.45, 7) is 1.46. The minimum Gasteiger partial charge on any atom is -0.508 e. The van der Waals surface area contributed by atoms with Crippen molar-refractivity contribution in [3.05, 3.63) is 70.0 Å². The van der Waals surface area contributed by atoms with Gasteiger partial charge in [-0.2, -0.15) is 0 Å². The van der Waals surface area contributed by atoms with Crippen LogP contribution in [0.1, 0.15) is 41.3 Å². The van der Waals surface area contributed by atoms with Crippen molar-refractivity contribution in [3.63, 3.8) is 0 Å². The summed E-state index contributed by atoms with van der Waals surface area (Å²) >= 11 is 0. The number of carbonyl (C=O) groups is 4. The van der Waals surface area contributed by atoms with Crippen molar-refractivity contribution in [1.82, 2.24) is 0 Å². The van der Waals surface area contributed by atoms with E-state index in [-0.39, 0.29) is 41.9 Å². The van der Waals surface area contributed by atoms with Crippen molar-refractivity contribution >= 4 is 29.0 Å². The van der Waals surface area contributed by atoms with E-state index in [1.165, 1.54) is 13.0 Å². The Balaban J connectivity index is 1.68. The topological polar surface area (TPSA) is 175 Å². The lowest BCUT2D eigenvalue weighted by atomic mass is 9.59. The minimum absolute atomic E-state index is 0.0234. The molecule has 9 nitrogen and oxygen atoms in total. The molecule has 1 saturated carbocycles. The van der Waals surface area contributed by atoms with Gasteiger partial charge in [-0.25, -0.2) is 0 Å². The standard InChI is InChI=1S/C27H23NO8/c1-11(29)12-2-4-13(5-3-12)16-6-7-18(30)21-17(16)9-14-8-15-10-19(31)22(26(28)35)25(34)27(15,36)24(33)20(14)23(21)32/h2-7,14-15,30,32,34,36H,8-10H2,1H3,(H2,28,35)/t14-,15+,27+/m1/s1. The lowest BCUT2D eigenvalue weighted by Gasteiger charge is -2.46. The second kappa shape index (κ2) is 7.89. The highest BCUT2D eigenvalue weighted by atomic mass is 16.3. The number of carbonyl (C=O) groups excluding carboxylic acids is 4. The van der Waals surface area contributed by atoms with E-state index in [4.69, 9.17) is 5.73 Å². The van der Waals surface area contributed by atoms with Gasteiger partial charge in [-0.3, -0.25) is 19.2 Å². The molecule has 184 valence electrons. The number of nitrogens with two attached hydrogens (primary N) is 1. The maximum absolute atomic E-state index is 13.5. The van der Waals surface area contributed by atoms with E-state index in [0.29, 0.717) is 16.7 Å². The van der Waals surface area contributed by atoms with Crippen LogP contribution in [0.5, 0.6) is 5.75 Å². The molecule has 2 aromatic rings. The lowest BCUT2D eigenvalue weighted by Crippen LogP contribution is -2.58. The molecule has 3 aliphatic rings. The van der Waals surface area contributed by atoms with Gasteiger partial charge in [-0.15, -0.1) is 0 Å². The predicted octanol–water partition coefficient (Wildman–Crippen LogP) is 2.29. The molecule has 0 unspecified atom stereocenters. The fraction of sp³-hybridized carbons (Fsp3) is 0.259. The third-order valence-electron chi connectivity index (χ3n) is 7.55. The Morgan fingerprint density at radius 2 is 1.67 bits per heavy atom. The summed E-state index contributed by atoms with van der Waals surface area (Å²) in [6, 6.07) is 9.89. The predicted molar refractivity (Wildman–Crippen MR) is 127 cm³/mol. The van der Waals surface area contributed by atoms with Crippen LogP contribution < -0.4 is 5.73 Å². The Bertz CT molecular complexity index is 1450. The zero-order valence-electron chi connectivity index (χ0n) is 19.2. The van der Waals surface area contributed by atoms with E-state index in [1.54, 1.807) is 30.3 Å². The number of aliphatic hydroxyl groups excluding tert-OH is 2. The quantitative estimate of drug-likeness (QED) is 0.322. The summed E-state index contributed by atoms with van der Waals surface area (Å²) in [4.78, 5) is 49.4. The molecule has 36 heavy (non-hydrogen) atoms. The van der Waals surface area contributed by atoms with Gasteiger partial charge in [0.2, 0.25) is 5.78 Å². The number of aromatic hydroxyl groups is 1. The molecule has 9 heteroatoms. The maximum atomic E-state index is 13.5. The number of Topliss-reactive ketones (excluding diaryl/α,β-unsaturated/α-hetero) is 3. The summed E-state index contributed by atoms with van der Waals surface area (Å²) in [5, 5.41) is 43.7. The number of aliphatic hydroxyl groups is 3. The Labute approximate surface area is 205 Å². The van der Waals surface area contributed by atoms with Gasteiger partial charge in [0, 0.05) is 23.5 Å². The van der Waals surface area contributed by atoms with Gasteiger partial charge < -0.3 is 26.2 Å². The van der Waals surface area contributed by atoms with Gasteiger partial charge in [0.1, 0.15) is 22.8 Å². The molecule has 1 amide bonds. The van der Waals surface area contributed by atoms with Crippen molar-refractivity contribution < 1.29 is 39.6 Å². The van der Waals surface area contributed by atoms with Crippen LogP contribution in [0.15, 0.2) is 53.3 Å². The molecule has 0 bridgehead atoms. The van der Waals surface area contributed by atoms with Crippen molar-refractivity contribution in [2.45, 2.75) is 31.8 Å². The molecule has 0 spiro atoms. The van der Waals surface area contributed by atoms with Crippen molar-refractivity contribution in [1.29, 1.82) is 0 Å². The largest absolute Gasteiger partial charge is 0.508 e. The van der Waals surface area contributed by atoms with Crippen LogP contribution in [-0.4, -0.2) is 49.3 Å². The van der Waals surface area contributed by atoms with E-state index >= 15 is 0 Å². The molecule has 2 aromatic carbocycles. The van der Waals surface area contributed by atoms with Crippen LogP contribution in [0.25, 0.3) is 16.9 Å². The van der Waals surface area contributed by atoms with Gasteiger partial charge in [-0.1, -0.05) is 30.3 Å². The first-order valence-corrected chi connectivity index (χ1v) is 11.4. The molecule has 3 aliphatic carbocycles. The fourth-order valence-corrected chi connectivity index (χ4v) is 5.78. The summed E-state index contributed by atoms with van der Waals surface area (Å²) in [7, 11) is 0. The maximum Gasteiger partial charge on any atom is 0.255 e. The monoisotopic (exact) mass is 489 g/mol. The first kappa shape index (κ1) is 23.5. The van der Waals surface area contributed by atoms with Crippen LogP contribution >= 0.6 is 0 Å². The fourth-order valence-electron chi connectivity index (χ4n) is 5.78. The molecule has 0 heterocycles. The molecular formula is C27H23NO8. The molecule has 6 N–H and O–H groups in total. The lowest BCUT2D eigenvalue weighted by molar-refractivity contribution is -0.147. The second-order valence-corrected chi connectivity index (χ2v) is 9.53. The minimum atomic E-state index is -2.59. The van der Waals surface area contributed by atoms with Crippen LogP contribution in [0, 0.1) is 11.8 Å². The molecule has 5 rings (SSSR count). The molecule has 1 fully saturated rings. The highest BCUT2D eigenvalue weighted by molar-refractivity contribution is 6.22. The van der Waals surface area contributed by atoms with Gasteiger partial charge in [0.05, 0.1) is 5.56 Å². The Kier molecular flexibility index (Phi) is 5.15. The third kappa shape index (κ3) is 3.12. The van der Waals surface area contributed by atoms with E-state index in [0.717, 1.165) is 5.56 Å². The number of hydrogen-bond acceptors (Lipinski definition) is 8. The average molecular weight is 489 g/mol. The summed E-state index contributed by atoms with van der Waals surface area (Å²) in [6.07, 6.45) is -0.116. The van der Waals surface area contributed by atoms with E-state index < -0.39 is 52.0 Å². The number of hydrogen-bond donors (Lipinski definition) is 5. The zero-order valence-corrected chi connectivity index (χ0v) is 19.2. The Morgan fingerprint density at radius 1 is 1.00 bits per heavy atom. The first-order chi connectivity index (χ1) is 17.0. The SMILES string of the molecule is CC(=O)c1ccc(-c2ccc(O)c3c2C[C@H]2C[C@H]4CC(=O)C(C(N)=O)=C(O)[C@@]4(O)C(=O)C2=C3O)cc1. The van der Waals surface area contributed by atoms with Gasteiger partial charge >= 0.3 is 0 Å². The van der Waals surface area contributed by atoms with Crippen molar-refractivity contribution in [3.8, 4) is 16.9 Å². The Morgan fingerprint density at radius 3 is 2.28 bits per heavy atom. The highest BCUT2D eigenvalue weighted by Crippen LogP contribution is 2.53. The zero-order chi connectivity index (χ0) is 26.1. The van der Waals surface area contributed by atoms with E-state index in [9.17, 15) is 39.6 Å². The third-order valence-corrected chi connectivity index (χ3v) is 7.55. The average Bonchev–Trinajstić information content (AvgIpc) is 2.81. The number of primary amides is 1. The van der Waals surface area contributed by atoms with Crippen LogP contribution in [0.3, 0.4) is 0 Å². The number of amides is 1. The number of ketones is 3. The van der Waals surface area contributed by atoms with Gasteiger partial charge in [0.25, 0.3) is 5.91 Å². The second-order valence-electron chi connectivity index (χ2n) is 9.53. The molecule has 3 atom stereocenters. The van der Waals surface area contributed by atoms with Crippen LogP contribution in [0.4, 0.5) is 0 Å². The number of fused-ring (bicyclic) bond motifs is 3. The number of benzene rings is 2.